The van der Waals surface area contributed by atoms with E-state index < -0.39 is 0 Å². The van der Waals surface area contributed by atoms with E-state index in [0.717, 1.165) is 32.5 Å². The Labute approximate surface area is 135 Å². The van der Waals surface area contributed by atoms with Gasteiger partial charge in [0.15, 0.2) is 5.65 Å². The Morgan fingerprint density at radius 2 is 1.73 bits per heavy atom. The van der Waals surface area contributed by atoms with E-state index in [1.165, 1.54) is 0 Å². The number of halogens is 1. The van der Waals surface area contributed by atoms with Gasteiger partial charge in [-0.3, -0.25) is 4.98 Å². The molecule has 0 N–H and O–H groups in total. The fraction of sp³-hybridized carbons (Fsp3) is 0. The van der Waals surface area contributed by atoms with Crippen molar-refractivity contribution in [2.45, 2.75) is 0 Å². The van der Waals surface area contributed by atoms with Crippen molar-refractivity contribution in [2.24, 2.45) is 0 Å². The first-order valence-corrected chi connectivity index (χ1v) is 7.61. The summed E-state index contributed by atoms with van der Waals surface area (Å²) in [5.74, 6) is 0. The Morgan fingerprint density at radius 3 is 2.50 bits per heavy atom. The summed E-state index contributed by atoms with van der Waals surface area (Å²) in [4.78, 5) is 8.67. The molecule has 0 aliphatic rings. The van der Waals surface area contributed by atoms with Crippen molar-refractivity contribution in [1.82, 2.24) is 19.6 Å². The Hall–Kier alpha value is -2.53. The van der Waals surface area contributed by atoms with Crippen molar-refractivity contribution in [1.29, 1.82) is 0 Å². The van der Waals surface area contributed by atoms with Crippen LogP contribution in [0.2, 0.25) is 0 Å². The van der Waals surface area contributed by atoms with E-state index in [0.29, 0.717) is 0 Å². The minimum atomic E-state index is 0.837. The van der Waals surface area contributed by atoms with Crippen LogP contribution >= 0.6 is 15.9 Å². The zero-order valence-corrected chi connectivity index (χ0v) is 13.1. The topological polar surface area (TPSA) is 43.1 Å². The van der Waals surface area contributed by atoms with Gasteiger partial charge in [0.1, 0.15) is 0 Å². The molecule has 106 valence electrons. The van der Waals surface area contributed by atoms with Gasteiger partial charge in [0.2, 0.25) is 0 Å². The standard InChI is InChI=1S/C17H11BrN4/c18-14-5-3-12(4-6-14)15-11-21-22-16(7-9-20-17(15)22)13-2-1-8-19-10-13/h1-11H. The maximum atomic E-state index is 4.51. The van der Waals surface area contributed by atoms with Crippen LogP contribution in [0.25, 0.3) is 28.0 Å². The van der Waals surface area contributed by atoms with E-state index >= 15 is 0 Å². The molecule has 4 nitrogen and oxygen atoms in total. The molecule has 3 aromatic heterocycles. The largest absolute Gasteiger partial charge is 0.264 e. The molecule has 0 radical (unpaired) electrons. The van der Waals surface area contributed by atoms with Crippen LogP contribution in [0.4, 0.5) is 0 Å². The molecular weight excluding hydrogens is 340 g/mol. The van der Waals surface area contributed by atoms with Crippen LogP contribution in [0.5, 0.6) is 0 Å². The van der Waals surface area contributed by atoms with Gasteiger partial charge in [0.05, 0.1) is 11.9 Å². The number of hydrogen-bond acceptors (Lipinski definition) is 3. The molecule has 0 fully saturated rings. The van der Waals surface area contributed by atoms with Gasteiger partial charge in [0.25, 0.3) is 0 Å². The monoisotopic (exact) mass is 350 g/mol. The number of rotatable bonds is 2. The lowest BCUT2D eigenvalue weighted by molar-refractivity contribution is 0.947. The first-order valence-electron chi connectivity index (χ1n) is 6.82. The number of aromatic nitrogens is 4. The summed E-state index contributed by atoms with van der Waals surface area (Å²) < 4.78 is 2.91. The van der Waals surface area contributed by atoms with Gasteiger partial charge in [-0.2, -0.15) is 5.10 Å². The Bertz CT molecular complexity index is 930. The van der Waals surface area contributed by atoms with E-state index in [-0.39, 0.29) is 0 Å². The summed E-state index contributed by atoms with van der Waals surface area (Å²) in [6, 6.07) is 14.0. The fourth-order valence-corrected chi connectivity index (χ4v) is 2.72. The summed E-state index contributed by atoms with van der Waals surface area (Å²) in [5.41, 5.74) is 4.93. The highest BCUT2D eigenvalue weighted by molar-refractivity contribution is 9.10. The number of nitrogens with zero attached hydrogens (tertiary/aromatic N) is 4. The van der Waals surface area contributed by atoms with Crippen LogP contribution in [-0.2, 0) is 0 Å². The predicted octanol–water partition coefficient (Wildman–Crippen LogP) is 4.22. The normalized spacial score (nSPS) is 11.0. The van der Waals surface area contributed by atoms with E-state index in [1.54, 1.807) is 6.20 Å². The molecule has 0 spiro atoms. The average molecular weight is 351 g/mol. The molecule has 0 aliphatic carbocycles. The van der Waals surface area contributed by atoms with Crippen molar-refractivity contribution in [2.75, 3.05) is 0 Å². The summed E-state index contributed by atoms with van der Waals surface area (Å²) in [6.07, 6.45) is 7.25. The lowest BCUT2D eigenvalue weighted by Gasteiger charge is -2.04. The molecule has 0 amide bonds. The van der Waals surface area contributed by atoms with Crippen molar-refractivity contribution in [3.63, 3.8) is 0 Å². The molecule has 1 aromatic carbocycles. The molecule has 0 bridgehead atoms. The van der Waals surface area contributed by atoms with Gasteiger partial charge in [-0.25, -0.2) is 9.50 Å². The molecule has 0 saturated carbocycles. The van der Waals surface area contributed by atoms with Crippen LogP contribution in [0.3, 0.4) is 0 Å². The quantitative estimate of drug-likeness (QED) is 0.543. The van der Waals surface area contributed by atoms with Gasteiger partial charge < -0.3 is 0 Å². The van der Waals surface area contributed by atoms with Crippen LogP contribution < -0.4 is 0 Å². The maximum Gasteiger partial charge on any atom is 0.163 e. The van der Waals surface area contributed by atoms with Gasteiger partial charge in [0, 0.05) is 34.2 Å². The van der Waals surface area contributed by atoms with Gasteiger partial charge >= 0.3 is 0 Å². The maximum absolute atomic E-state index is 4.51. The van der Waals surface area contributed by atoms with E-state index in [9.17, 15) is 0 Å². The molecule has 0 saturated heterocycles. The second kappa shape index (κ2) is 5.35. The molecule has 22 heavy (non-hydrogen) atoms. The van der Waals surface area contributed by atoms with Crippen molar-refractivity contribution in [3.05, 3.63) is 71.7 Å². The average Bonchev–Trinajstić information content (AvgIpc) is 3.00. The third-order valence-corrected chi connectivity index (χ3v) is 4.04. The zero-order chi connectivity index (χ0) is 14.9. The predicted molar refractivity (Wildman–Crippen MR) is 89.4 cm³/mol. The molecule has 4 rings (SSSR count). The molecule has 0 atom stereocenters. The van der Waals surface area contributed by atoms with Crippen molar-refractivity contribution < 1.29 is 0 Å². The Balaban J connectivity index is 1.92. The lowest BCUT2D eigenvalue weighted by Crippen LogP contribution is -1.95. The molecule has 5 heteroatoms. The minimum absolute atomic E-state index is 0.837. The molecule has 0 aliphatic heterocycles. The van der Waals surface area contributed by atoms with E-state index in [1.807, 2.05) is 53.4 Å². The minimum Gasteiger partial charge on any atom is -0.264 e. The number of pyridine rings is 1. The van der Waals surface area contributed by atoms with Crippen LogP contribution in [-0.4, -0.2) is 19.6 Å². The van der Waals surface area contributed by atoms with Crippen molar-refractivity contribution >= 4 is 21.6 Å². The molecule has 3 heterocycles. The highest BCUT2D eigenvalue weighted by atomic mass is 79.9. The Morgan fingerprint density at radius 1 is 0.864 bits per heavy atom. The third-order valence-electron chi connectivity index (χ3n) is 3.51. The smallest absolute Gasteiger partial charge is 0.163 e. The van der Waals surface area contributed by atoms with Gasteiger partial charge in [-0.1, -0.05) is 28.1 Å². The summed E-state index contributed by atoms with van der Waals surface area (Å²) in [7, 11) is 0. The SMILES string of the molecule is Brc1ccc(-c2cnn3c(-c4cccnc4)ccnc23)cc1. The fourth-order valence-electron chi connectivity index (χ4n) is 2.46. The first-order chi connectivity index (χ1) is 10.8. The zero-order valence-electron chi connectivity index (χ0n) is 11.5. The van der Waals surface area contributed by atoms with Crippen LogP contribution in [0.15, 0.2) is 71.7 Å². The number of benzene rings is 1. The molecular formula is C17H11BrN4. The van der Waals surface area contributed by atoms with Crippen LogP contribution in [0.1, 0.15) is 0 Å². The summed E-state index contributed by atoms with van der Waals surface area (Å²) in [6.45, 7) is 0. The highest BCUT2D eigenvalue weighted by Crippen LogP contribution is 2.27. The number of fused-ring (bicyclic) bond motifs is 1. The molecule has 0 unspecified atom stereocenters. The second-order valence-electron chi connectivity index (χ2n) is 4.87. The van der Waals surface area contributed by atoms with Crippen LogP contribution in [0, 0.1) is 0 Å². The summed E-state index contributed by atoms with van der Waals surface area (Å²) in [5, 5.41) is 4.51. The van der Waals surface area contributed by atoms with Crippen molar-refractivity contribution in [3.8, 4) is 22.4 Å². The van der Waals surface area contributed by atoms with Gasteiger partial charge in [-0.15, -0.1) is 0 Å². The first kappa shape index (κ1) is 13.2. The van der Waals surface area contributed by atoms with Gasteiger partial charge in [-0.05, 0) is 35.9 Å². The highest BCUT2D eigenvalue weighted by Gasteiger charge is 2.11. The molecule has 4 aromatic rings. The second-order valence-corrected chi connectivity index (χ2v) is 5.79. The van der Waals surface area contributed by atoms with E-state index in [2.05, 4.69) is 43.1 Å². The number of hydrogen-bond donors (Lipinski definition) is 0. The third kappa shape index (κ3) is 2.19. The Kier molecular flexibility index (Phi) is 3.20. The summed E-state index contributed by atoms with van der Waals surface area (Å²) >= 11 is 3.46. The van der Waals surface area contributed by atoms with E-state index in [4.69, 9.17) is 0 Å². The lowest BCUT2D eigenvalue weighted by atomic mass is 10.1.